The van der Waals surface area contributed by atoms with Gasteiger partial charge in [0.2, 0.25) is 0 Å². The van der Waals surface area contributed by atoms with Crippen LogP contribution in [0.1, 0.15) is 19.4 Å². The van der Waals surface area contributed by atoms with Crippen LogP contribution in [0.15, 0.2) is 29.2 Å². The Balaban J connectivity index is 2.64. The van der Waals surface area contributed by atoms with E-state index < -0.39 is 11.9 Å². The molecule has 0 aliphatic rings. The zero-order valence-corrected chi connectivity index (χ0v) is 10.7. The van der Waals surface area contributed by atoms with E-state index in [1.165, 1.54) is 0 Å². The highest BCUT2D eigenvalue weighted by molar-refractivity contribution is 7.99. The van der Waals surface area contributed by atoms with Crippen LogP contribution < -0.4 is 5.32 Å². The van der Waals surface area contributed by atoms with Crippen LogP contribution >= 0.6 is 11.8 Å². The minimum absolute atomic E-state index is 0.315. The minimum atomic E-state index is -4.12. The molecule has 1 N–H and O–H groups in total. The Morgan fingerprint density at radius 1 is 1.24 bits per heavy atom. The molecular weight excluding hydrogens is 247 g/mol. The molecule has 0 saturated carbocycles. The normalized spacial score (nSPS) is 12.1. The van der Waals surface area contributed by atoms with Crippen molar-refractivity contribution in [2.45, 2.75) is 37.5 Å². The van der Waals surface area contributed by atoms with Gasteiger partial charge in [0, 0.05) is 17.5 Å². The maximum atomic E-state index is 12.2. The lowest BCUT2D eigenvalue weighted by Crippen LogP contribution is -2.22. The molecule has 0 spiro atoms. The predicted octanol–water partition coefficient (Wildman–Crippen LogP) is 3.84. The summed E-state index contributed by atoms with van der Waals surface area (Å²) in [5.74, 6) is -0.842. The third kappa shape index (κ3) is 5.98. The van der Waals surface area contributed by atoms with Gasteiger partial charge in [0.1, 0.15) is 0 Å². The second kappa shape index (κ2) is 6.31. The summed E-state index contributed by atoms with van der Waals surface area (Å²) in [6.45, 7) is 4.61. The van der Waals surface area contributed by atoms with Crippen LogP contribution in [-0.2, 0) is 6.54 Å². The van der Waals surface area contributed by atoms with E-state index in [9.17, 15) is 13.2 Å². The first kappa shape index (κ1) is 14.4. The highest BCUT2D eigenvalue weighted by atomic mass is 32.2. The summed E-state index contributed by atoms with van der Waals surface area (Å²) in [4.78, 5) is 0.693. The summed E-state index contributed by atoms with van der Waals surface area (Å²) in [5, 5.41) is 3.20. The van der Waals surface area contributed by atoms with Gasteiger partial charge < -0.3 is 5.32 Å². The molecule has 96 valence electrons. The number of benzene rings is 1. The molecule has 0 aromatic heterocycles. The lowest BCUT2D eigenvalue weighted by Gasteiger charge is -2.13. The van der Waals surface area contributed by atoms with Gasteiger partial charge in [-0.15, -0.1) is 11.8 Å². The molecule has 1 rings (SSSR count). The van der Waals surface area contributed by atoms with E-state index in [4.69, 9.17) is 0 Å². The van der Waals surface area contributed by atoms with E-state index in [0.717, 1.165) is 17.3 Å². The number of rotatable bonds is 5. The van der Waals surface area contributed by atoms with Crippen molar-refractivity contribution in [3.63, 3.8) is 0 Å². The van der Waals surface area contributed by atoms with Crippen LogP contribution in [0.25, 0.3) is 0 Å². The van der Waals surface area contributed by atoms with E-state index in [0.29, 0.717) is 17.5 Å². The zero-order chi connectivity index (χ0) is 12.9. The highest BCUT2D eigenvalue weighted by Gasteiger charge is 2.27. The molecule has 0 bridgehead atoms. The van der Waals surface area contributed by atoms with Gasteiger partial charge in [0.15, 0.2) is 0 Å². The molecule has 0 fully saturated rings. The van der Waals surface area contributed by atoms with E-state index in [1.807, 2.05) is 26.0 Å². The third-order valence-corrected chi connectivity index (χ3v) is 3.25. The number of nitrogens with one attached hydrogen (secondary N) is 1. The quantitative estimate of drug-likeness (QED) is 0.810. The Kier molecular flexibility index (Phi) is 5.33. The lowest BCUT2D eigenvalue weighted by molar-refractivity contribution is -0.105. The maximum absolute atomic E-state index is 12.2. The van der Waals surface area contributed by atoms with Crippen molar-refractivity contribution in [1.29, 1.82) is 0 Å². The van der Waals surface area contributed by atoms with E-state index in [-0.39, 0.29) is 0 Å². The predicted molar refractivity (Wildman–Crippen MR) is 65.2 cm³/mol. The molecule has 1 nitrogen and oxygen atoms in total. The molecule has 0 aliphatic heterocycles. The van der Waals surface area contributed by atoms with Crippen molar-refractivity contribution >= 4 is 11.8 Å². The zero-order valence-electron chi connectivity index (χ0n) is 9.84. The average Bonchev–Trinajstić information content (AvgIpc) is 2.23. The van der Waals surface area contributed by atoms with Crippen LogP contribution in [-0.4, -0.2) is 18.0 Å². The van der Waals surface area contributed by atoms with Crippen molar-refractivity contribution in [2.24, 2.45) is 0 Å². The molecule has 0 unspecified atom stereocenters. The van der Waals surface area contributed by atoms with Gasteiger partial charge >= 0.3 is 6.18 Å². The summed E-state index contributed by atoms with van der Waals surface area (Å²) in [6, 6.07) is 7.50. The van der Waals surface area contributed by atoms with Crippen molar-refractivity contribution in [2.75, 3.05) is 5.75 Å². The van der Waals surface area contributed by atoms with Crippen molar-refractivity contribution < 1.29 is 13.2 Å². The fraction of sp³-hybridized carbons (Fsp3) is 0.500. The lowest BCUT2D eigenvalue weighted by atomic mass is 10.2. The Hall–Kier alpha value is -0.680. The molecule has 17 heavy (non-hydrogen) atoms. The number of halogens is 3. The molecule has 5 heteroatoms. The molecule has 1 aromatic rings. The number of hydrogen-bond acceptors (Lipinski definition) is 2. The van der Waals surface area contributed by atoms with Crippen LogP contribution in [0, 0.1) is 0 Å². The summed E-state index contributed by atoms with van der Waals surface area (Å²) in [7, 11) is 0. The topological polar surface area (TPSA) is 12.0 Å². The van der Waals surface area contributed by atoms with Gasteiger partial charge in [0.05, 0.1) is 5.75 Å². The van der Waals surface area contributed by atoms with Crippen LogP contribution in [0.3, 0.4) is 0 Å². The number of thioether (sulfide) groups is 1. The molecule has 0 aliphatic carbocycles. The van der Waals surface area contributed by atoms with Crippen molar-refractivity contribution in [1.82, 2.24) is 5.32 Å². The smallest absolute Gasteiger partial charge is 0.310 e. The van der Waals surface area contributed by atoms with Gasteiger partial charge in [-0.2, -0.15) is 13.2 Å². The Morgan fingerprint density at radius 3 is 2.47 bits per heavy atom. The average molecular weight is 263 g/mol. The summed E-state index contributed by atoms with van der Waals surface area (Å²) in [6.07, 6.45) is -4.12. The molecule has 0 saturated heterocycles. The molecule has 1 aromatic carbocycles. The Labute approximate surface area is 104 Å². The number of hydrogen-bond donors (Lipinski definition) is 1. The second-order valence-corrected chi connectivity index (χ2v) is 5.06. The summed E-state index contributed by atoms with van der Waals surface area (Å²) < 4.78 is 36.5. The van der Waals surface area contributed by atoms with E-state index >= 15 is 0 Å². The highest BCUT2D eigenvalue weighted by Crippen LogP contribution is 2.29. The summed E-state index contributed by atoms with van der Waals surface area (Å²) >= 11 is 0.841. The SMILES string of the molecule is CC(C)NCc1ccccc1SCC(F)(F)F. The standard InChI is InChI=1S/C12H16F3NS/c1-9(2)16-7-10-5-3-4-6-11(10)17-8-12(13,14)15/h3-6,9,16H,7-8H2,1-2H3. The molecule has 0 amide bonds. The van der Waals surface area contributed by atoms with Crippen LogP contribution in [0.5, 0.6) is 0 Å². The first-order valence-electron chi connectivity index (χ1n) is 5.39. The molecule has 0 atom stereocenters. The molecular formula is C12H16F3NS. The van der Waals surface area contributed by atoms with Gasteiger partial charge in [-0.3, -0.25) is 0 Å². The first-order valence-corrected chi connectivity index (χ1v) is 6.38. The van der Waals surface area contributed by atoms with Crippen molar-refractivity contribution in [3.8, 4) is 0 Å². The minimum Gasteiger partial charge on any atom is -0.310 e. The van der Waals surface area contributed by atoms with Gasteiger partial charge in [-0.1, -0.05) is 32.0 Å². The van der Waals surface area contributed by atoms with E-state index in [1.54, 1.807) is 12.1 Å². The monoisotopic (exact) mass is 263 g/mol. The fourth-order valence-corrected chi connectivity index (χ4v) is 2.08. The van der Waals surface area contributed by atoms with Crippen molar-refractivity contribution in [3.05, 3.63) is 29.8 Å². The maximum Gasteiger partial charge on any atom is 0.398 e. The van der Waals surface area contributed by atoms with Crippen LogP contribution in [0.2, 0.25) is 0 Å². The fourth-order valence-electron chi connectivity index (χ4n) is 1.26. The van der Waals surface area contributed by atoms with Gasteiger partial charge in [0.25, 0.3) is 0 Å². The van der Waals surface area contributed by atoms with Crippen LogP contribution in [0.4, 0.5) is 13.2 Å². The van der Waals surface area contributed by atoms with Gasteiger partial charge in [-0.05, 0) is 11.6 Å². The first-order chi connectivity index (χ1) is 7.88. The number of alkyl halides is 3. The molecule has 0 heterocycles. The van der Waals surface area contributed by atoms with E-state index in [2.05, 4.69) is 5.32 Å². The third-order valence-electron chi connectivity index (χ3n) is 2.06. The largest absolute Gasteiger partial charge is 0.398 e. The Morgan fingerprint density at radius 2 is 1.88 bits per heavy atom. The molecule has 0 radical (unpaired) electrons. The summed E-state index contributed by atoms with van der Waals surface area (Å²) in [5.41, 5.74) is 0.912. The van der Waals surface area contributed by atoms with Gasteiger partial charge in [-0.25, -0.2) is 0 Å². The second-order valence-electron chi connectivity index (χ2n) is 4.05. The Bertz CT molecular complexity index is 350.